The number of benzene rings is 1. The van der Waals surface area contributed by atoms with Crippen LogP contribution in [0.1, 0.15) is 31.4 Å². The first-order valence-electron chi connectivity index (χ1n) is 6.76. The molecule has 1 aromatic carbocycles. The maximum absolute atomic E-state index is 3.39. The van der Waals surface area contributed by atoms with Crippen molar-refractivity contribution in [2.45, 2.75) is 33.7 Å². The average molecular weight is 232 g/mol. The molecule has 0 aliphatic carbocycles. The summed E-state index contributed by atoms with van der Waals surface area (Å²) in [7, 11) is 0. The van der Waals surface area contributed by atoms with Gasteiger partial charge in [0.25, 0.3) is 0 Å². The molecule has 1 atom stereocenters. The highest BCUT2D eigenvalue weighted by molar-refractivity contribution is 5.51. The van der Waals surface area contributed by atoms with E-state index < -0.39 is 0 Å². The number of anilines is 1. The molecule has 0 saturated carbocycles. The zero-order chi connectivity index (χ0) is 12.3. The van der Waals surface area contributed by atoms with Gasteiger partial charge in [0.15, 0.2) is 0 Å². The predicted octanol–water partition coefficient (Wildman–Crippen LogP) is 2.95. The highest BCUT2D eigenvalue weighted by Gasteiger charge is 2.18. The molecule has 0 radical (unpaired) electrons. The first kappa shape index (κ1) is 12.4. The highest BCUT2D eigenvalue weighted by Crippen LogP contribution is 2.25. The van der Waals surface area contributed by atoms with Gasteiger partial charge >= 0.3 is 0 Å². The SMILES string of the molecule is CCNCc1ccc(N2CCC(C)C2)cc1C. The van der Waals surface area contributed by atoms with Crippen molar-refractivity contribution in [2.24, 2.45) is 5.92 Å². The van der Waals surface area contributed by atoms with Gasteiger partial charge in [-0.25, -0.2) is 0 Å². The van der Waals surface area contributed by atoms with Crippen LogP contribution in [0.2, 0.25) is 0 Å². The van der Waals surface area contributed by atoms with E-state index >= 15 is 0 Å². The molecule has 1 fully saturated rings. The summed E-state index contributed by atoms with van der Waals surface area (Å²) >= 11 is 0. The lowest BCUT2D eigenvalue weighted by molar-refractivity contribution is 0.659. The Kier molecular flexibility index (Phi) is 4.06. The lowest BCUT2D eigenvalue weighted by Gasteiger charge is -2.20. The van der Waals surface area contributed by atoms with E-state index in [0.717, 1.165) is 19.0 Å². The molecular weight excluding hydrogens is 208 g/mol. The van der Waals surface area contributed by atoms with Crippen LogP contribution < -0.4 is 10.2 Å². The first-order chi connectivity index (χ1) is 8.20. The monoisotopic (exact) mass is 232 g/mol. The fraction of sp³-hybridized carbons (Fsp3) is 0.600. The Hall–Kier alpha value is -1.02. The van der Waals surface area contributed by atoms with Crippen LogP contribution in [-0.4, -0.2) is 19.6 Å². The Balaban J connectivity index is 2.08. The second-order valence-electron chi connectivity index (χ2n) is 5.23. The van der Waals surface area contributed by atoms with Crippen molar-refractivity contribution in [2.75, 3.05) is 24.5 Å². The van der Waals surface area contributed by atoms with Gasteiger partial charge in [-0.15, -0.1) is 0 Å². The number of hydrogen-bond donors (Lipinski definition) is 1. The van der Waals surface area contributed by atoms with E-state index in [0.29, 0.717) is 0 Å². The van der Waals surface area contributed by atoms with Crippen molar-refractivity contribution in [3.8, 4) is 0 Å². The summed E-state index contributed by atoms with van der Waals surface area (Å²) in [5.41, 5.74) is 4.22. The highest BCUT2D eigenvalue weighted by atomic mass is 15.1. The fourth-order valence-corrected chi connectivity index (χ4v) is 2.50. The summed E-state index contributed by atoms with van der Waals surface area (Å²) in [5.74, 6) is 0.844. The van der Waals surface area contributed by atoms with Crippen LogP contribution >= 0.6 is 0 Å². The molecule has 2 rings (SSSR count). The zero-order valence-electron chi connectivity index (χ0n) is 11.3. The molecule has 1 N–H and O–H groups in total. The van der Waals surface area contributed by atoms with Crippen molar-refractivity contribution in [3.05, 3.63) is 29.3 Å². The lowest BCUT2D eigenvalue weighted by Crippen LogP contribution is -2.19. The molecule has 2 heteroatoms. The Bertz CT molecular complexity index is 373. The maximum Gasteiger partial charge on any atom is 0.0369 e. The third-order valence-corrected chi connectivity index (χ3v) is 3.68. The Morgan fingerprint density at radius 2 is 2.24 bits per heavy atom. The van der Waals surface area contributed by atoms with Crippen LogP contribution in [0.25, 0.3) is 0 Å². The van der Waals surface area contributed by atoms with Gasteiger partial charge in [-0.3, -0.25) is 0 Å². The van der Waals surface area contributed by atoms with E-state index in [4.69, 9.17) is 0 Å². The minimum absolute atomic E-state index is 0.844. The summed E-state index contributed by atoms with van der Waals surface area (Å²) in [4.78, 5) is 2.51. The molecule has 94 valence electrons. The Labute approximate surface area is 105 Å². The van der Waals surface area contributed by atoms with E-state index in [2.05, 4.69) is 49.2 Å². The van der Waals surface area contributed by atoms with Crippen LogP contribution in [-0.2, 0) is 6.54 Å². The standard InChI is InChI=1S/C15H24N2/c1-4-16-10-14-5-6-15(9-13(14)3)17-8-7-12(2)11-17/h5-6,9,12,16H,4,7-8,10-11H2,1-3H3. The van der Waals surface area contributed by atoms with Crippen LogP contribution in [0.4, 0.5) is 5.69 Å². The molecule has 17 heavy (non-hydrogen) atoms. The zero-order valence-corrected chi connectivity index (χ0v) is 11.3. The summed E-state index contributed by atoms with van der Waals surface area (Å²) in [6.45, 7) is 11.2. The average Bonchev–Trinajstić information content (AvgIpc) is 2.74. The van der Waals surface area contributed by atoms with Gasteiger partial charge in [0.05, 0.1) is 0 Å². The number of nitrogens with one attached hydrogen (secondary N) is 1. The lowest BCUT2D eigenvalue weighted by atomic mass is 10.1. The van der Waals surface area contributed by atoms with E-state index in [1.54, 1.807) is 0 Å². The molecule has 1 aliphatic rings. The summed E-state index contributed by atoms with van der Waals surface area (Å²) in [6, 6.07) is 6.89. The fourth-order valence-electron chi connectivity index (χ4n) is 2.50. The van der Waals surface area contributed by atoms with E-state index in [1.165, 1.54) is 36.3 Å². The minimum atomic E-state index is 0.844. The summed E-state index contributed by atoms with van der Waals surface area (Å²) < 4.78 is 0. The Morgan fingerprint density at radius 1 is 1.41 bits per heavy atom. The molecule has 1 unspecified atom stereocenters. The summed E-state index contributed by atoms with van der Waals surface area (Å²) in [6.07, 6.45) is 1.33. The normalized spacial score (nSPS) is 19.9. The molecule has 1 aromatic rings. The molecule has 0 bridgehead atoms. The number of hydrogen-bond acceptors (Lipinski definition) is 2. The van der Waals surface area contributed by atoms with Gasteiger partial charge in [-0.1, -0.05) is 19.9 Å². The number of aryl methyl sites for hydroxylation is 1. The maximum atomic E-state index is 3.39. The quantitative estimate of drug-likeness (QED) is 0.858. The van der Waals surface area contributed by atoms with Crippen LogP contribution in [0.15, 0.2) is 18.2 Å². The predicted molar refractivity (Wildman–Crippen MR) is 74.6 cm³/mol. The largest absolute Gasteiger partial charge is 0.371 e. The molecule has 0 amide bonds. The molecule has 1 aliphatic heterocycles. The van der Waals surface area contributed by atoms with Crippen molar-refractivity contribution in [1.29, 1.82) is 0 Å². The second-order valence-corrected chi connectivity index (χ2v) is 5.23. The van der Waals surface area contributed by atoms with Gasteiger partial charge in [0.1, 0.15) is 0 Å². The Morgan fingerprint density at radius 3 is 2.82 bits per heavy atom. The summed E-state index contributed by atoms with van der Waals surface area (Å²) in [5, 5.41) is 3.39. The van der Waals surface area contributed by atoms with E-state index in [-0.39, 0.29) is 0 Å². The molecule has 0 spiro atoms. The van der Waals surface area contributed by atoms with E-state index in [9.17, 15) is 0 Å². The van der Waals surface area contributed by atoms with E-state index in [1.807, 2.05) is 0 Å². The third-order valence-electron chi connectivity index (χ3n) is 3.68. The van der Waals surface area contributed by atoms with Crippen molar-refractivity contribution < 1.29 is 0 Å². The second kappa shape index (κ2) is 5.54. The first-order valence-corrected chi connectivity index (χ1v) is 6.76. The van der Waals surface area contributed by atoms with Crippen molar-refractivity contribution >= 4 is 5.69 Å². The minimum Gasteiger partial charge on any atom is -0.371 e. The molecule has 1 heterocycles. The number of rotatable bonds is 4. The topological polar surface area (TPSA) is 15.3 Å². The van der Waals surface area contributed by atoms with Gasteiger partial charge in [0, 0.05) is 25.3 Å². The van der Waals surface area contributed by atoms with Crippen LogP contribution in [0.3, 0.4) is 0 Å². The van der Waals surface area contributed by atoms with Gasteiger partial charge in [0.2, 0.25) is 0 Å². The van der Waals surface area contributed by atoms with Gasteiger partial charge in [-0.2, -0.15) is 0 Å². The molecule has 2 nitrogen and oxygen atoms in total. The van der Waals surface area contributed by atoms with Gasteiger partial charge < -0.3 is 10.2 Å². The smallest absolute Gasteiger partial charge is 0.0369 e. The molecule has 1 saturated heterocycles. The number of nitrogens with zero attached hydrogens (tertiary/aromatic N) is 1. The van der Waals surface area contributed by atoms with Crippen LogP contribution in [0, 0.1) is 12.8 Å². The third kappa shape index (κ3) is 3.01. The van der Waals surface area contributed by atoms with Crippen molar-refractivity contribution in [3.63, 3.8) is 0 Å². The van der Waals surface area contributed by atoms with Gasteiger partial charge in [-0.05, 0) is 49.1 Å². The molecular formula is C15H24N2. The van der Waals surface area contributed by atoms with Crippen LogP contribution in [0.5, 0.6) is 0 Å². The van der Waals surface area contributed by atoms with Crippen molar-refractivity contribution in [1.82, 2.24) is 5.32 Å². The molecule has 0 aromatic heterocycles.